The van der Waals surface area contributed by atoms with Crippen molar-refractivity contribution < 1.29 is 18.7 Å². The number of nitrogens with zero attached hydrogens (tertiary/aromatic N) is 1. The van der Waals surface area contributed by atoms with Crippen LogP contribution in [0, 0.1) is 11.3 Å². The lowest BCUT2D eigenvalue weighted by atomic mass is 9.86. The van der Waals surface area contributed by atoms with Crippen LogP contribution >= 0.6 is 0 Å². The third-order valence-electron chi connectivity index (χ3n) is 5.72. The van der Waals surface area contributed by atoms with E-state index in [-0.39, 0.29) is 23.5 Å². The highest BCUT2D eigenvalue weighted by Crippen LogP contribution is 2.41. The zero-order chi connectivity index (χ0) is 25.7. The zero-order valence-electron chi connectivity index (χ0n) is 20.8. The number of ether oxygens (including phenoxy) is 2. The fraction of sp³-hybridized carbons (Fsp3) is 0.200. The van der Waals surface area contributed by atoms with Crippen molar-refractivity contribution in [2.75, 3.05) is 19.0 Å². The number of hydrogen-bond acceptors (Lipinski definition) is 5. The average Bonchev–Trinajstić information content (AvgIpc) is 3.25. The number of hydrogen-bond donors (Lipinski definition) is 1. The first kappa shape index (κ1) is 24.6. The molecule has 1 heterocycles. The topological polar surface area (TPSA) is 84.5 Å². The maximum absolute atomic E-state index is 12.9. The number of nitriles is 1. The SMILES string of the molecule is COc1ccc(OCC(=O)Nc2oc(-c3ccccc3)c(-c3ccccc3)c2C#N)c(C(C)(C)C)c1. The van der Waals surface area contributed by atoms with Gasteiger partial charge in [0, 0.05) is 16.7 Å². The first-order chi connectivity index (χ1) is 17.3. The van der Waals surface area contributed by atoms with Crippen molar-refractivity contribution in [3.63, 3.8) is 0 Å². The van der Waals surface area contributed by atoms with Crippen molar-refractivity contribution in [2.45, 2.75) is 26.2 Å². The second kappa shape index (κ2) is 10.4. The lowest BCUT2D eigenvalue weighted by Crippen LogP contribution is -2.22. The number of amides is 1. The fourth-order valence-electron chi connectivity index (χ4n) is 3.95. The van der Waals surface area contributed by atoms with Gasteiger partial charge >= 0.3 is 0 Å². The molecular formula is C30H28N2O4. The highest BCUT2D eigenvalue weighted by molar-refractivity contribution is 5.96. The standard InChI is InChI=1S/C30H28N2O4/c1-30(2,3)24-17-22(34-4)15-16-25(24)35-19-26(33)32-29-23(18-31)27(20-11-7-5-8-12-20)28(36-29)21-13-9-6-10-14-21/h5-17H,19H2,1-4H3,(H,32,33). The molecule has 36 heavy (non-hydrogen) atoms. The second-order valence-corrected chi connectivity index (χ2v) is 9.30. The van der Waals surface area contributed by atoms with Gasteiger partial charge in [-0.25, -0.2) is 0 Å². The summed E-state index contributed by atoms with van der Waals surface area (Å²) in [5.74, 6) is 1.48. The van der Waals surface area contributed by atoms with Crippen LogP contribution in [-0.2, 0) is 10.2 Å². The maximum atomic E-state index is 12.9. The number of furan rings is 1. The molecule has 1 aromatic heterocycles. The minimum Gasteiger partial charge on any atom is -0.497 e. The van der Waals surface area contributed by atoms with E-state index in [0.29, 0.717) is 22.8 Å². The molecule has 0 saturated heterocycles. The Balaban J connectivity index is 1.63. The molecule has 4 aromatic rings. The molecule has 1 amide bonds. The normalized spacial score (nSPS) is 11.0. The number of methoxy groups -OCH3 is 1. The monoisotopic (exact) mass is 480 g/mol. The van der Waals surface area contributed by atoms with Gasteiger partial charge in [-0.1, -0.05) is 81.4 Å². The zero-order valence-corrected chi connectivity index (χ0v) is 20.8. The lowest BCUT2D eigenvalue weighted by Gasteiger charge is -2.23. The van der Waals surface area contributed by atoms with E-state index >= 15 is 0 Å². The van der Waals surface area contributed by atoms with E-state index in [4.69, 9.17) is 13.9 Å². The Bertz CT molecular complexity index is 1390. The molecule has 6 nitrogen and oxygen atoms in total. The number of rotatable bonds is 7. The van der Waals surface area contributed by atoms with Crippen molar-refractivity contribution in [1.82, 2.24) is 0 Å². The van der Waals surface area contributed by atoms with Crippen LogP contribution in [0.25, 0.3) is 22.5 Å². The Morgan fingerprint density at radius 3 is 2.19 bits per heavy atom. The highest BCUT2D eigenvalue weighted by Gasteiger charge is 2.25. The number of carbonyl (C=O) groups is 1. The molecule has 0 saturated carbocycles. The highest BCUT2D eigenvalue weighted by atomic mass is 16.5. The minimum absolute atomic E-state index is 0.0922. The van der Waals surface area contributed by atoms with Crippen LogP contribution in [-0.4, -0.2) is 19.6 Å². The van der Waals surface area contributed by atoms with Gasteiger partial charge in [0.25, 0.3) is 5.91 Å². The molecule has 1 N–H and O–H groups in total. The van der Waals surface area contributed by atoms with Gasteiger partial charge in [-0.2, -0.15) is 5.26 Å². The molecule has 0 fully saturated rings. The van der Waals surface area contributed by atoms with Gasteiger partial charge in [0.1, 0.15) is 28.9 Å². The lowest BCUT2D eigenvalue weighted by molar-refractivity contribution is -0.118. The Labute approximate surface area is 211 Å². The predicted octanol–water partition coefficient (Wildman–Crippen LogP) is 6.81. The molecule has 0 radical (unpaired) electrons. The second-order valence-electron chi connectivity index (χ2n) is 9.30. The largest absolute Gasteiger partial charge is 0.497 e. The molecule has 0 aliphatic heterocycles. The average molecular weight is 481 g/mol. The Hall–Kier alpha value is -4.50. The van der Waals surface area contributed by atoms with Crippen LogP contribution in [0.2, 0.25) is 0 Å². The van der Waals surface area contributed by atoms with Crippen molar-refractivity contribution in [3.8, 4) is 40.0 Å². The summed E-state index contributed by atoms with van der Waals surface area (Å²) in [6.07, 6.45) is 0. The van der Waals surface area contributed by atoms with E-state index in [1.54, 1.807) is 19.2 Å². The maximum Gasteiger partial charge on any atom is 0.264 e. The minimum atomic E-state index is -0.435. The number of nitrogens with one attached hydrogen (secondary N) is 1. The molecule has 0 aliphatic carbocycles. The van der Waals surface area contributed by atoms with Crippen LogP contribution in [0.3, 0.4) is 0 Å². The van der Waals surface area contributed by atoms with Crippen molar-refractivity contribution in [1.29, 1.82) is 5.26 Å². The van der Waals surface area contributed by atoms with Gasteiger partial charge in [0.05, 0.1) is 7.11 Å². The van der Waals surface area contributed by atoms with Crippen LogP contribution in [0.15, 0.2) is 83.3 Å². The van der Waals surface area contributed by atoms with E-state index in [1.165, 1.54) is 0 Å². The molecular weight excluding hydrogens is 452 g/mol. The first-order valence-electron chi connectivity index (χ1n) is 11.6. The van der Waals surface area contributed by atoms with Crippen LogP contribution in [0.5, 0.6) is 11.5 Å². The first-order valence-corrected chi connectivity index (χ1v) is 11.6. The van der Waals surface area contributed by atoms with Crippen LogP contribution in [0.4, 0.5) is 5.88 Å². The van der Waals surface area contributed by atoms with Gasteiger partial charge in [0.15, 0.2) is 6.61 Å². The summed E-state index contributed by atoms with van der Waals surface area (Å²) < 4.78 is 17.3. The third kappa shape index (κ3) is 5.26. The molecule has 0 bridgehead atoms. The molecule has 6 heteroatoms. The molecule has 0 atom stereocenters. The third-order valence-corrected chi connectivity index (χ3v) is 5.72. The Morgan fingerprint density at radius 2 is 1.61 bits per heavy atom. The van der Waals surface area contributed by atoms with E-state index in [2.05, 4.69) is 32.2 Å². The predicted molar refractivity (Wildman–Crippen MR) is 140 cm³/mol. The number of anilines is 1. The summed E-state index contributed by atoms with van der Waals surface area (Å²) in [4.78, 5) is 12.9. The van der Waals surface area contributed by atoms with Crippen molar-refractivity contribution in [3.05, 3.63) is 90.0 Å². The Kier molecular flexibility index (Phi) is 7.12. The molecule has 3 aromatic carbocycles. The molecule has 0 unspecified atom stereocenters. The van der Waals surface area contributed by atoms with Gasteiger partial charge in [-0.05, 0) is 29.2 Å². The van der Waals surface area contributed by atoms with E-state index < -0.39 is 5.91 Å². The molecule has 182 valence electrons. The smallest absolute Gasteiger partial charge is 0.264 e. The van der Waals surface area contributed by atoms with Crippen molar-refractivity contribution in [2.24, 2.45) is 0 Å². The van der Waals surface area contributed by atoms with E-state index in [9.17, 15) is 10.1 Å². The van der Waals surface area contributed by atoms with Gasteiger partial charge in [-0.3, -0.25) is 10.1 Å². The summed E-state index contributed by atoms with van der Waals surface area (Å²) in [7, 11) is 1.61. The summed E-state index contributed by atoms with van der Waals surface area (Å²) in [5, 5.41) is 12.7. The fourth-order valence-corrected chi connectivity index (χ4v) is 3.95. The van der Waals surface area contributed by atoms with Crippen LogP contribution < -0.4 is 14.8 Å². The van der Waals surface area contributed by atoms with Gasteiger partial charge < -0.3 is 13.9 Å². The summed E-state index contributed by atoms with van der Waals surface area (Å²) in [6.45, 7) is 5.94. The quantitative estimate of drug-likeness (QED) is 0.314. The summed E-state index contributed by atoms with van der Waals surface area (Å²) >= 11 is 0. The summed E-state index contributed by atoms with van der Waals surface area (Å²) in [6, 6.07) is 26.7. The van der Waals surface area contributed by atoms with Gasteiger partial charge in [-0.15, -0.1) is 0 Å². The van der Waals surface area contributed by atoms with Gasteiger partial charge in [0.2, 0.25) is 5.88 Å². The molecule has 0 aliphatic rings. The van der Waals surface area contributed by atoms with Crippen LogP contribution in [0.1, 0.15) is 31.9 Å². The summed E-state index contributed by atoms with van der Waals surface area (Å²) in [5.41, 5.74) is 3.21. The van der Waals surface area contributed by atoms with Crippen molar-refractivity contribution >= 4 is 11.8 Å². The van der Waals surface area contributed by atoms with E-state index in [1.807, 2.05) is 66.7 Å². The molecule has 4 rings (SSSR count). The number of benzene rings is 3. The van der Waals surface area contributed by atoms with E-state index in [0.717, 1.165) is 16.7 Å². The number of carbonyl (C=O) groups excluding carboxylic acids is 1. The Morgan fingerprint density at radius 1 is 0.972 bits per heavy atom. The molecule has 0 spiro atoms.